The van der Waals surface area contributed by atoms with Gasteiger partial charge in [0.15, 0.2) is 0 Å². The molecule has 7 heteroatoms. The Balaban J connectivity index is 1.66. The SMILES string of the molecule is CCOC(=O)c1c(-c2ccccc2)oc2ccc(OCc3ccc(C(=O)OC)o3)cc12. The van der Waals surface area contributed by atoms with Gasteiger partial charge in [-0.2, -0.15) is 0 Å². The predicted molar refractivity (Wildman–Crippen MR) is 112 cm³/mol. The molecule has 0 aliphatic carbocycles. The van der Waals surface area contributed by atoms with Crippen LogP contribution < -0.4 is 4.74 Å². The molecule has 0 aliphatic rings. The summed E-state index contributed by atoms with van der Waals surface area (Å²) in [5.74, 6) is 0.491. The Hall–Kier alpha value is -4.00. The fraction of sp³-hybridized carbons (Fsp3) is 0.167. The van der Waals surface area contributed by atoms with Gasteiger partial charge in [-0.25, -0.2) is 9.59 Å². The van der Waals surface area contributed by atoms with Gasteiger partial charge in [-0.05, 0) is 37.3 Å². The Kier molecular flexibility index (Phi) is 5.75. The van der Waals surface area contributed by atoms with Crippen molar-refractivity contribution >= 4 is 22.9 Å². The van der Waals surface area contributed by atoms with Crippen molar-refractivity contribution in [2.45, 2.75) is 13.5 Å². The first-order valence-corrected chi connectivity index (χ1v) is 9.69. The number of furan rings is 2. The van der Waals surface area contributed by atoms with E-state index in [0.29, 0.717) is 33.8 Å². The molecule has 158 valence electrons. The van der Waals surface area contributed by atoms with Gasteiger partial charge in [-0.3, -0.25) is 0 Å². The molecule has 0 bridgehead atoms. The van der Waals surface area contributed by atoms with E-state index in [1.807, 2.05) is 30.3 Å². The first-order chi connectivity index (χ1) is 15.1. The molecule has 0 radical (unpaired) electrons. The molecule has 7 nitrogen and oxygen atoms in total. The van der Waals surface area contributed by atoms with E-state index >= 15 is 0 Å². The molecular formula is C24H20O7. The number of hydrogen-bond donors (Lipinski definition) is 0. The smallest absolute Gasteiger partial charge is 0.373 e. The molecule has 0 spiro atoms. The van der Waals surface area contributed by atoms with Crippen molar-refractivity contribution in [3.8, 4) is 17.1 Å². The van der Waals surface area contributed by atoms with E-state index in [9.17, 15) is 9.59 Å². The van der Waals surface area contributed by atoms with Crippen LogP contribution in [0.15, 0.2) is 69.5 Å². The quantitative estimate of drug-likeness (QED) is 0.378. The third kappa shape index (κ3) is 4.16. The van der Waals surface area contributed by atoms with E-state index in [0.717, 1.165) is 5.56 Å². The highest BCUT2D eigenvalue weighted by molar-refractivity contribution is 6.09. The van der Waals surface area contributed by atoms with Gasteiger partial charge in [0.2, 0.25) is 5.76 Å². The summed E-state index contributed by atoms with van der Waals surface area (Å²) in [5, 5.41) is 0.587. The highest BCUT2D eigenvalue weighted by atomic mass is 16.5. The van der Waals surface area contributed by atoms with E-state index in [-0.39, 0.29) is 19.0 Å². The summed E-state index contributed by atoms with van der Waals surface area (Å²) < 4.78 is 27.1. The first-order valence-electron chi connectivity index (χ1n) is 9.69. The third-order valence-corrected chi connectivity index (χ3v) is 4.60. The van der Waals surface area contributed by atoms with Gasteiger partial charge >= 0.3 is 11.9 Å². The molecule has 2 aromatic carbocycles. The molecule has 0 unspecified atom stereocenters. The van der Waals surface area contributed by atoms with E-state index in [4.69, 9.17) is 18.3 Å². The fourth-order valence-electron chi connectivity index (χ4n) is 3.19. The second-order valence-electron chi connectivity index (χ2n) is 6.60. The lowest BCUT2D eigenvalue weighted by Crippen LogP contribution is -2.05. The summed E-state index contributed by atoms with van der Waals surface area (Å²) in [7, 11) is 1.28. The molecule has 0 fully saturated rings. The van der Waals surface area contributed by atoms with Crippen LogP contribution in [0, 0.1) is 0 Å². The summed E-state index contributed by atoms with van der Waals surface area (Å²) in [6.07, 6.45) is 0. The maximum absolute atomic E-state index is 12.7. The summed E-state index contributed by atoms with van der Waals surface area (Å²) in [5.41, 5.74) is 1.66. The third-order valence-electron chi connectivity index (χ3n) is 4.60. The van der Waals surface area contributed by atoms with Crippen LogP contribution in [0.5, 0.6) is 5.75 Å². The second kappa shape index (κ2) is 8.79. The Bertz CT molecular complexity index is 1220. The lowest BCUT2D eigenvalue weighted by Gasteiger charge is -2.05. The maximum Gasteiger partial charge on any atom is 0.373 e. The van der Waals surface area contributed by atoms with E-state index in [1.165, 1.54) is 13.2 Å². The van der Waals surface area contributed by atoms with Crippen LogP contribution in [0.1, 0.15) is 33.6 Å². The van der Waals surface area contributed by atoms with Crippen LogP contribution in [0.4, 0.5) is 0 Å². The number of carbonyl (C=O) groups is 2. The topological polar surface area (TPSA) is 88.1 Å². The molecule has 0 N–H and O–H groups in total. The van der Waals surface area contributed by atoms with Gasteiger partial charge in [0.25, 0.3) is 0 Å². The fourth-order valence-corrected chi connectivity index (χ4v) is 3.19. The van der Waals surface area contributed by atoms with E-state index < -0.39 is 11.9 Å². The Morgan fingerprint density at radius 1 is 0.935 bits per heavy atom. The van der Waals surface area contributed by atoms with Crippen LogP contribution in [0.25, 0.3) is 22.3 Å². The van der Waals surface area contributed by atoms with Crippen molar-refractivity contribution in [2.75, 3.05) is 13.7 Å². The molecule has 0 amide bonds. The molecule has 31 heavy (non-hydrogen) atoms. The zero-order valence-electron chi connectivity index (χ0n) is 17.0. The standard InChI is InChI=1S/C24H20O7/c1-3-28-24(26)21-18-13-16(29-14-17-10-12-20(30-17)23(25)27-2)9-11-19(18)31-22(21)15-7-5-4-6-8-15/h4-13H,3,14H2,1-2H3. The van der Waals surface area contributed by atoms with Crippen molar-refractivity contribution in [1.29, 1.82) is 0 Å². The average molecular weight is 420 g/mol. The molecule has 0 aliphatic heterocycles. The number of carbonyl (C=O) groups excluding carboxylic acids is 2. The first kappa shape index (κ1) is 20.3. The van der Waals surface area contributed by atoms with Crippen molar-refractivity contribution in [2.24, 2.45) is 0 Å². The highest BCUT2D eigenvalue weighted by Gasteiger charge is 2.23. The van der Waals surface area contributed by atoms with Crippen molar-refractivity contribution in [1.82, 2.24) is 0 Å². The number of fused-ring (bicyclic) bond motifs is 1. The van der Waals surface area contributed by atoms with Crippen molar-refractivity contribution in [3.05, 3.63) is 77.7 Å². The molecule has 0 saturated carbocycles. The molecule has 0 atom stereocenters. The lowest BCUT2D eigenvalue weighted by atomic mass is 10.1. The highest BCUT2D eigenvalue weighted by Crippen LogP contribution is 2.36. The second-order valence-corrected chi connectivity index (χ2v) is 6.60. The van der Waals surface area contributed by atoms with Gasteiger partial charge < -0.3 is 23.0 Å². The number of esters is 2. The van der Waals surface area contributed by atoms with Gasteiger partial charge in [-0.1, -0.05) is 30.3 Å². The van der Waals surface area contributed by atoms with Gasteiger partial charge in [0, 0.05) is 10.9 Å². The Labute approximate surface area is 178 Å². The summed E-state index contributed by atoms with van der Waals surface area (Å²) in [6.45, 7) is 2.10. The number of benzene rings is 2. The molecule has 2 aromatic heterocycles. The molecular weight excluding hydrogens is 400 g/mol. The zero-order valence-corrected chi connectivity index (χ0v) is 17.0. The maximum atomic E-state index is 12.7. The van der Waals surface area contributed by atoms with Crippen LogP contribution in [0.2, 0.25) is 0 Å². The van der Waals surface area contributed by atoms with Gasteiger partial charge in [-0.15, -0.1) is 0 Å². The number of rotatable bonds is 7. The normalized spacial score (nSPS) is 10.8. The van der Waals surface area contributed by atoms with Crippen LogP contribution >= 0.6 is 0 Å². The van der Waals surface area contributed by atoms with Crippen molar-refractivity contribution in [3.63, 3.8) is 0 Å². The van der Waals surface area contributed by atoms with Crippen molar-refractivity contribution < 1.29 is 32.6 Å². The predicted octanol–water partition coefficient (Wildman–Crippen LogP) is 5.24. The van der Waals surface area contributed by atoms with Crippen LogP contribution in [0.3, 0.4) is 0 Å². The lowest BCUT2D eigenvalue weighted by molar-refractivity contribution is 0.0526. The summed E-state index contributed by atoms with van der Waals surface area (Å²) >= 11 is 0. The zero-order chi connectivity index (χ0) is 21.8. The van der Waals surface area contributed by atoms with Gasteiger partial charge in [0.05, 0.1) is 13.7 Å². The molecule has 0 saturated heterocycles. The minimum atomic E-state index is -0.557. The van der Waals surface area contributed by atoms with Gasteiger partial charge in [0.1, 0.15) is 35.0 Å². The number of ether oxygens (including phenoxy) is 3. The monoisotopic (exact) mass is 420 g/mol. The molecule has 2 heterocycles. The summed E-state index contributed by atoms with van der Waals surface area (Å²) in [6, 6.07) is 17.7. The van der Waals surface area contributed by atoms with E-state index in [2.05, 4.69) is 4.74 Å². The minimum Gasteiger partial charge on any atom is -0.486 e. The van der Waals surface area contributed by atoms with E-state index in [1.54, 1.807) is 31.2 Å². The van der Waals surface area contributed by atoms with Crippen LogP contribution in [-0.4, -0.2) is 25.7 Å². The minimum absolute atomic E-state index is 0.0979. The molecule has 4 aromatic rings. The summed E-state index contributed by atoms with van der Waals surface area (Å²) in [4.78, 5) is 24.2. The van der Waals surface area contributed by atoms with Crippen LogP contribution in [-0.2, 0) is 16.1 Å². The Morgan fingerprint density at radius 2 is 1.74 bits per heavy atom. The number of hydrogen-bond acceptors (Lipinski definition) is 7. The average Bonchev–Trinajstić information content (AvgIpc) is 3.42. The largest absolute Gasteiger partial charge is 0.486 e. The molecule has 4 rings (SSSR count). The number of methoxy groups -OCH3 is 1. The Morgan fingerprint density at radius 3 is 2.48 bits per heavy atom.